The first kappa shape index (κ1) is 67.3. The van der Waals surface area contributed by atoms with Crippen molar-refractivity contribution in [1.82, 2.24) is 0 Å². The molecule has 0 heterocycles. The van der Waals surface area contributed by atoms with E-state index in [9.17, 15) is 14.4 Å². The molecule has 0 fully saturated rings. The molecular weight excluding hydrogens is 877 g/mol. The highest BCUT2D eigenvalue weighted by atomic mass is 16.6. The van der Waals surface area contributed by atoms with E-state index in [1.807, 2.05) is 0 Å². The predicted molar refractivity (Wildman–Crippen MR) is 307 cm³/mol. The Morgan fingerprint density at radius 1 is 0.296 bits per heavy atom. The smallest absolute Gasteiger partial charge is 0.306 e. The van der Waals surface area contributed by atoms with Crippen molar-refractivity contribution in [3.05, 3.63) is 97.2 Å². The van der Waals surface area contributed by atoms with Gasteiger partial charge in [0.05, 0.1) is 0 Å². The third kappa shape index (κ3) is 57.1. The molecule has 0 amide bonds. The van der Waals surface area contributed by atoms with Crippen LogP contribution in [0.2, 0.25) is 0 Å². The van der Waals surface area contributed by atoms with E-state index in [4.69, 9.17) is 14.2 Å². The van der Waals surface area contributed by atoms with Crippen molar-refractivity contribution in [2.24, 2.45) is 0 Å². The van der Waals surface area contributed by atoms with Crippen LogP contribution in [0.15, 0.2) is 97.2 Å². The number of unbranched alkanes of at least 4 members (excludes halogenated alkanes) is 26. The van der Waals surface area contributed by atoms with Gasteiger partial charge in [-0.05, 0) is 116 Å². The van der Waals surface area contributed by atoms with Gasteiger partial charge in [-0.2, -0.15) is 0 Å². The standard InChI is InChI=1S/C65H110O6/c1-4-7-10-13-16-19-22-24-26-28-30-31-32-33-35-36-38-40-43-46-49-52-55-58-64(67)70-61-62(60-69-63(66)57-54-51-48-45-42-21-18-15-12-9-6-3)71-65(68)59-56-53-50-47-44-41-39-37-34-29-27-25-23-20-17-14-11-8-5-2/h7,10,15-20,24-27,30-31,34,37,62H,4-6,8-9,11-14,21-23,28-29,32-33,35-36,38-61H2,1-3H3/b10-7-,18-15-,19-16-,20-17-,26-24-,27-25-,31-30-,37-34-. The molecular formula is C65H110O6. The number of carbonyl (C=O) groups is 3. The Morgan fingerprint density at radius 3 is 0.915 bits per heavy atom. The Labute approximate surface area is 438 Å². The zero-order valence-electron chi connectivity index (χ0n) is 46.5. The summed E-state index contributed by atoms with van der Waals surface area (Å²) in [5.41, 5.74) is 0. The highest BCUT2D eigenvalue weighted by Gasteiger charge is 2.19. The first-order valence-electron chi connectivity index (χ1n) is 29.7. The van der Waals surface area contributed by atoms with Gasteiger partial charge in [0.15, 0.2) is 6.10 Å². The van der Waals surface area contributed by atoms with Gasteiger partial charge in [0.2, 0.25) is 0 Å². The molecule has 0 bridgehead atoms. The quantitative estimate of drug-likeness (QED) is 0.0261. The topological polar surface area (TPSA) is 78.9 Å². The molecule has 0 spiro atoms. The molecule has 406 valence electrons. The molecule has 1 unspecified atom stereocenters. The fourth-order valence-electron chi connectivity index (χ4n) is 8.07. The molecule has 6 nitrogen and oxygen atoms in total. The Hall–Kier alpha value is -3.67. The van der Waals surface area contributed by atoms with E-state index in [-0.39, 0.29) is 31.1 Å². The van der Waals surface area contributed by atoms with Gasteiger partial charge in [0, 0.05) is 19.3 Å². The number of hydrogen-bond acceptors (Lipinski definition) is 6. The van der Waals surface area contributed by atoms with E-state index in [0.29, 0.717) is 19.3 Å². The zero-order chi connectivity index (χ0) is 51.4. The molecule has 0 aliphatic heterocycles. The number of allylic oxidation sites excluding steroid dienone is 16. The van der Waals surface area contributed by atoms with E-state index in [1.54, 1.807) is 0 Å². The maximum atomic E-state index is 12.9. The van der Waals surface area contributed by atoms with Gasteiger partial charge in [-0.15, -0.1) is 0 Å². The molecule has 0 aliphatic rings. The molecule has 0 radical (unpaired) electrons. The number of rotatable bonds is 53. The van der Waals surface area contributed by atoms with E-state index < -0.39 is 6.10 Å². The molecule has 0 saturated heterocycles. The van der Waals surface area contributed by atoms with Crippen LogP contribution >= 0.6 is 0 Å². The average Bonchev–Trinajstić information content (AvgIpc) is 3.37. The van der Waals surface area contributed by atoms with Crippen molar-refractivity contribution < 1.29 is 28.6 Å². The SMILES string of the molecule is CC/C=C\C/C=C\C/C=C\C/C=C\CCCCCCCCCCCCC(=O)OCC(COC(=O)CCCCCCC/C=C\CCCC)OC(=O)CCCCCCCC/C=C\C/C=C\C/C=C\CCCCC. The lowest BCUT2D eigenvalue weighted by Crippen LogP contribution is -2.30. The third-order valence-corrected chi connectivity index (χ3v) is 12.5. The van der Waals surface area contributed by atoms with Crippen molar-refractivity contribution >= 4 is 17.9 Å². The summed E-state index contributed by atoms with van der Waals surface area (Å²) in [7, 11) is 0. The van der Waals surface area contributed by atoms with E-state index in [0.717, 1.165) is 116 Å². The highest BCUT2D eigenvalue weighted by molar-refractivity contribution is 5.71. The van der Waals surface area contributed by atoms with Crippen LogP contribution in [0.4, 0.5) is 0 Å². The van der Waals surface area contributed by atoms with Crippen molar-refractivity contribution in [3.8, 4) is 0 Å². The molecule has 0 N–H and O–H groups in total. The minimum absolute atomic E-state index is 0.0878. The molecule has 71 heavy (non-hydrogen) atoms. The minimum Gasteiger partial charge on any atom is -0.462 e. The number of esters is 3. The lowest BCUT2D eigenvalue weighted by Gasteiger charge is -2.18. The maximum Gasteiger partial charge on any atom is 0.306 e. The molecule has 0 aromatic carbocycles. The first-order chi connectivity index (χ1) is 35.0. The Kier molecular flexibility index (Phi) is 55.9. The Bertz CT molecular complexity index is 1410. The van der Waals surface area contributed by atoms with Crippen LogP contribution in [0.1, 0.15) is 278 Å². The van der Waals surface area contributed by atoms with Gasteiger partial charge < -0.3 is 14.2 Å². The fourth-order valence-corrected chi connectivity index (χ4v) is 8.07. The van der Waals surface area contributed by atoms with Crippen molar-refractivity contribution in [3.63, 3.8) is 0 Å². The monoisotopic (exact) mass is 987 g/mol. The molecule has 0 aromatic rings. The fraction of sp³-hybridized carbons (Fsp3) is 0.708. The van der Waals surface area contributed by atoms with Gasteiger partial charge in [-0.25, -0.2) is 0 Å². The van der Waals surface area contributed by atoms with Crippen LogP contribution < -0.4 is 0 Å². The molecule has 0 rings (SSSR count). The predicted octanol–water partition coefficient (Wildman–Crippen LogP) is 20.1. The summed E-state index contributed by atoms with van der Waals surface area (Å²) >= 11 is 0. The van der Waals surface area contributed by atoms with E-state index in [1.165, 1.54) is 122 Å². The maximum absolute atomic E-state index is 12.9. The average molecular weight is 988 g/mol. The lowest BCUT2D eigenvalue weighted by atomic mass is 10.1. The summed E-state index contributed by atoms with van der Waals surface area (Å²) in [4.78, 5) is 38.2. The summed E-state index contributed by atoms with van der Waals surface area (Å²) in [6, 6.07) is 0. The van der Waals surface area contributed by atoms with Crippen molar-refractivity contribution in [1.29, 1.82) is 0 Å². The second-order valence-corrected chi connectivity index (χ2v) is 19.5. The van der Waals surface area contributed by atoms with Crippen LogP contribution in [0.25, 0.3) is 0 Å². The van der Waals surface area contributed by atoms with Crippen LogP contribution in [-0.4, -0.2) is 37.2 Å². The molecule has 0 aromatic heterocycles. The molecule has 0 aliphatic carbocycles. The highest BCUT2D eigenvalue weighted by Crippen LogP contribution is 2.15. The van der Waals surface area contributed by atoms with E-state index in [2.05, 4.69) is 118 Å². The Morgan fingerprint density at radius 2 is 0.563 bits per heavy atom. The Balaban J connectivity index is 4.34. The number of carbonyl (C=O) groups excluding carboxylic acids is 3. The van der Waals surface area contributed by atoms with E-state index >= 15 is 0 Å². The van der Waals surface area contributed by atoms with Crippen LogP contribution in [-0.2, 0) is 28.6 Å². The minimum atomic E-state index is -0.791. The summed E-state index contributed by atoms with van der Waals surface area (Å²) in [6.45, 7) is 6.45. The van der Waals surface area contributed by atoms with Crippen molar-refractivity contribution in [2.75, 3.05) is 13.2 Å². The van der Waals surface area contributed by atoms with Crippen molar-refractivity contribution in [2.45, 2.75) is 284 Å². The summed E-state index contributed by atoms with van der Waals surface area (Å²) in [5.74, 6) is -0.910. The van der Waals surface area contributed by atoms with Crippen LogP contribution in [0.5, 0.6) is 0 Å². The van der Waals surface area contributed by atoms with Crippen LogP contribution in [0.3, 0.4) is 0 Å². The van der Waals surface area contributed by atoms with Crippen LogP contribution in [0, 0.1) is 0 Å². The molecule has 0 saturated carbocycles. The van der Waals surface area contributed by atoms with Gasteiger partial charge in [-0.1, -0.05) is 240 Å². The summed E-state index contributed by atoms with van der Waals surface area (Å²) in [6.07, 6.45) is 78.3. The summed E-state index contributed by atoms with van der Waals surface area (Å²) in [5, 5.41) is 0. The molecule has 1 atom stereocenters. The second-order valence-electron chi connectivity index (χ2n) is 19.5. The number of ether oxygens (including phenoxy) is 3. The first-order valence-corrected chi connectivity index (χ1v) is 29.7. The largest absolute Gasteiger partial charge is 0.462 e. The third-order valence-electron chi connectivity index (χ3n) is 12.5. The lowest BCUT2D eigenvalue weighted by molar-refractivity contribution is -0.167. The molecule has 6 heteroatoms. The van der Waals surface area contributed by atoms with Gasteiger partial charge in [0.25, 0.3) is 0 Å². The van der Waals surface area contributed by atoms with Gasteiger partial charge >= 0.3 is 17.9 Å². The second kappa shape index (κ2) is 58.9. The summed E-state index contributed by atoms with van der Waals surface area (Å²) < 4.78 is 16.9. The van der Waals surface area contributed by atoms with Gasteiger partial charge in [0.1, 0.15) is 13.2 Å². The van der Waals surface area contributed by atoms with Gasteiger partial charge in [-0.3, -0.25) is 14.4 Å². The number of hydrogen-bond donors (Lipinski definition) is 0. The zero-order valence-corrected chi connectivity index (χ0v) is 46.5. The normalized spacial score (nSPS) is 12.8.